The van der Waals surface area contributed by atoms with Crippen LogP contribution in [0.4, 0.5) is 5.13 Å². The van der Waals surface area contributed by atoms with Gasteiger partial charge < -0.3 is 4.90 Å². The van der Waals surface area contributed by atoms with Crippen LogP contribution in [-0.2, 0) is 24.2 Å². The molecule has 140 valence electrons. The zero-order valence-corrected chi connectivity index (χ0v) is 16.9. The van der Waals surface area contributed by atoms with Crippen molar-refractivity contribution in [3.05, 3.63) is 68.9 Å². The number of nitrogens with zero attached hydrogens (tertiary/aromatic N) is 2. The molecule has 0 saturated heterocycles. The second-order valence-corrected chi connectivity index (χ2v) is 7.98. The number of thiazole rings is 1. The monoisotopic (exact) mass is 399 g/mol. The normalized spacial score (nSPS) is 10.6. The fourth-order valence-corrected chi connectivity index (χ4v) is 3.87. The molecule has 1 aromatic carbocycles. The molecule has 0 atom stereocenters. The lowest BCUT2D eigenvalue weighted by atomic mass is 10.1. The maximum atomic E-state index is 12.5. The Morgan fingerprint density at radius 3 is 2.52 bits per heavy atom. The fraction of sp³-hybridized carbons (Fsp3) is 0.250. The van der Waals surface area contributed by atoms with Gasteiger partial charge in [0.05, 0.1) is 17.0 Å². The second kappa shape index (κ2) is 8.92. The van der Waals surface area contributed by atoms with Crippen LogP contribution in [0.1, 0.15) is 33.4 Å². The highest BCUT2D eigenvalue weighted by molar-refractivity contribution is 7.14. The summed E-state index contributed by atoms with van der Waals surface area (Å²) in [5.41, 5.74) is 3.05. The highest BCUT2D eigenvalue weighted by atomic mass is 32.1. The van der Waals surface area contributed by atoms with E-state index in [9.17, 15) is 9.59 Å². The molecule has 5 nitrogen and oxygen atoms in total. The SMILES string of the molecule is CCc1ccc(CN(C)C(=O)Cc2csc(NC(=O)c3cccs3)n2)cc1. The molecule has 27 heavy (non-hydrogen) atoms. The predicted octanol–water partition coefficient (Wildman–Crippen LogP) is 4.22. The Hall–Kier alpha value is -2.51. The number of benzene rings is 1. The first-order valence-corrected chi connectivity index (χ1v) is 10.4. The van der Waals surface area contributed by atoms with E-state index in [4.69, 9.17) is 0 Å². The van der Waals surface area contributed by atoms with Gasteiger partial charge in [0.25, 0.3) is 5.91 Å². The third-order valence-corrected chi connectivity index (χ3v) is 5.80. The number of anilines is 1. The number of thiophene rings is 1. The molecule has 0 bridgehead atoms. The van der Waals surface area contributed by atoms with E-state index in [0.29, 0.717) is 22.2 Å². The van der Waals surface area contributed by atoms with Gasteiger partial charge >= 0.3 is 0 Å². The van der Waals surface area contributed by atoms with Crippen molar-refractivity contribution in [1.29, 1.82) is 0 Å². The van der Waals surface area contributed by atoms with E-state index in [1.54, 1.807) is 18.0 Å². The second-order valence-electron chi connectivity index (χ2n) is 6.17. The summed E-state index contributed by atoms with van der Waals surface area (Å²) in [5, 5.41) is 6.95. The summed E-state index contributed by atoms with van der Waals surface area (Å²) in [6.45, 7) is 2.69. The van der Waals surface area contributed by atoms with Gasteiger partial charge in [0.1, 0.15) is 0 Å². The summed E-state index contributed by atoms with van der Waals surface area (Å²) in [6, 6.07) is 11.9. The zero-order valence-electron chi connectivity index (χ0n) is 15.3. The first-order chi connectivity index (χ1) is 13.0. The summed E-state index contributed by atoms with van der Waals surface area (Å²) >= 11 is 2.71. The van der Waals surface area contributed by atoms with E-state index in [2.05, 4.69) is 41.5 Å². The highest BCUT2D eigenvalue weighted by Gasteiger charge is 2.14. The van der Waals surface area contributed by atoms with Gasteiger partial charge in [-0.25, -0.2) is 4.98 Å². The van der Waals surface area contributed by atoms with Crippen LogP contribution in [0, 0.1) is 0 Å². The van der Waals surface area contributed by atoms with Crippen molar-refractivity contribution in [3.8, 4) is 0 Å². The number of carbonyl (C=O) groups is 2. The molecule has 2 aromatic heterocycles. The number of carbonyl (C=O) groups excluding carboxylic acids is 2. The quantitative estimate of drug-likeness (QED) is 0.647. The third-order valence-electron chi connectivity index (χ3n) is 4.13. The van der Waals surface area contributed by atoms with E-state index in [0.717, 1.165) is 12.0 Å². The van der Waals surface area contributed by atoms with E-state index in [-0.39, 0.29) is 18.2 Å². The molecule has 2 heterocycles. The van der Waals surface area contributed by atoms with Crippen LogP contribution in [0.25, 0.3) is 0 Å². The van der Waals surface area contributed by atoms with Crippen LogP contribution >= 0.6 is 22.7 Å². The van der Waals surface area contributed by atoms with Gasteiger partial charge in [-0.05, 0) is 29.0 Å². The molecule has 0 aliphatic heterocycles. The fourth-order valence-electron chi connectivity index (χ4n) is 2.54. The first-order valence-electron chi connectivity index (χ1n) is 8.66. The number of aromatic nitrogens is 1. The van der Waals surface area contributed by atoms with Gasteiger partial charge in [0, 0.05) is 19.0 Å². The molecule has 0 radical (unpaired) electrons. The Kier molecular flexibility index (Phi) is 6.36. The maximum Gasteiger partial charge on any atom is 0.267 e. The molecule has 0 unspecified atom stereocenters. The van der Waals surface area contributed by atoms with Crippen molar-refractivity contribution in [3.63, 3.8) is 0 Å². The number of aryl methyl sites for hydroxylation is 1. The van der Waals surface area contributed by atoms with Gasteiger partial charge in [-0.3, -0.25) is 14.9 Å². The van der Waals surface area contributed by atoms with Gasteiger partial charge in [0.2, 0.25) is 5.91 Å². The lowest BCUT2D eigenvalue weighted by molar-refractivity contribution is -0.129. The molecule has 0 saturated carbocycles. The van der Waals surface area contributed by atoms with Crippen molar-refractivity contribution < 1.29 is 9.59 Å². The largest absolute Gasteiger partial charge is 0.341 e. The number of likely N-dealkylation sites (N-methyl/N-ethyl adjacent to an activating group) is 1. The smallest absolute Gasteiger partial charge is 0.267 e. The Bertz CT molecular complexity index is 902. The minimum absolute atomic E-state index is 0.00370. The number of nitrogens with one attached hydrogen (secondary N) is 1. The Balaban J connectivity index is 1.54. The number of amides is 2. The summed E-state index contributed by atoms with van der Waals surface area (Å²) in [6.07, 6.45) is 1.22. The number of hydrogen-bond donors (Lipinski definition) is 1. The Morgan fingerprint density at radius 2 is 1.85 bits per heavy atom. The minimum atomic E-state index is -0.176. The molecule has 0 fully saturated rings. The zero-order chi connectivity index (χ0) is 19.2. The molecular weight excluding hydrogens is 378 g/mol. The summed E-state index contributed by atoms with van der Waals surface area (Å²) < 4.78 is 0. The lowest BCUT2D eigenvalue weighted by Gasteiger charge is -2.17. The Labute approximate surface area is 166 Å². The van der Waals surface area contributed by atoms with E-state index in [1.807, 2.05) is 16.8 Å². The van der Waals surface area contributed by atoms with Gasteiger partial charge in [0.15, 0.2) is 5.13 Å². The number of hydrogen-bond acceptors (Lipinski definition) is 5. The van der Waals surface area contributed by atoms with E-state index in [1.165, 1.54) is 28.2 Å². The van der Waals surface area contributed by atoms with Crippen molar-refractivity contribution in [2.45, 2.75) is 26.3 Å². The first kappa shape index (κ1) is 19.3. The van der Waals surface area contributed by atoms with Gasteiger partial charge in [-0.1, -0.05) is 37.3 Å². The van der Waals surface area contributed by atoms with Crippen LogP contribution in [0.15, 0.2) is 47.2 Å². The molecule has 7 heteroatoms. The summed E-state index contributed by atoms with van der Waals surface area (Å²) in [7, 11) is 1.79. The van der Waals surface area contributed by atoms with Gasteiger partial charge in [-0.2, -0.15) is 0 Å². The minimum Gasteiger partial charge on any atom is -0.341 e. The van der Waals surface area contributed by atoms with Crippen molar-refractivity contribution in [1.82, 2.24) is 9.88 Å². The topological polar surface area (TPSA) is 62.3 Å². The van der Waals surface area contributed by atoms with Crippen molar-refractivity contribution >= 4 is 39.6 Å². The predicted molar refractivity (Wildman–Crippen MR) is 110 cm³/mol. The molecule has 0 aliphatic rings. The third kappa shape index (κ3) is 5.24. The highest BCUT2D eigenvalue weighted by Crippen LogP contribution is 2.19. The number of rotatable bonds is 7. The standard InChI is InChI=1S/C20H21N3O2S2/c1-3-14-6-8-15(9-7-14)12-23(2)18(24)11-16-13-27-20(21-16)22-19(25)17-5-4-10-26-17/h4-10,13H,3,11-12H2,1-2H3,(H,21,22,25). The van der Waals surface area contributed by atoms with Crippen LogP contribution in [0.5, 0.6) is 0 Å². The van der Waals surface area contributed by atoms with E-state index >= 15 is 0 Å². The van der Waals surface area contributed by atoms with Crippen molar-refractivity contribution in [2.75, 3.05) is 12.4 Å². The van der Waals surface area contributed by atoms with Crippen LogP contribution in [-0.4, -0.2) is 28.7 Å². The average Bonchev–Trinajstić information content (AvgIpc) is 3.34. The van der Waals surface area contributed by atoms with Crippen LogP contribution in [0.3, 0.4) is 0 Å². The molecule has 2 amide bonds. The van der Waals surface area contributed by atoms with Crippen LogP contribution < -0.4 is 5.32 Å². The molecular formula is C20H21N3O2S2. The van der Waals surface area contributed by atoms with Gasteiger partial charge in [-0.15, -0.1) is 22.7 Å². The summed E-state index contributed by atoms with van der Waals surface area (Å²) in [5.74, 6) is -0.180. The van der Waals surface area contributed by atoms with Crippen LogP contribution in [0.2, 0.25) is 0 Å². The molecule has 3 rings (SSSR count). The van der Waals surface area contributed by atoms with Crippen molar-refractivity contribution in [2.24, 2.45) is 0 Å². The lowest BCUT2D eigenvalue weighted by Crippen LogP contribution is -2.27. The Morgan fingerprint density at radius 1 is 1.11 bits per heavy atom. The molecule has 0 aliphatic carbocycles. The maximum absolute atomic E-state index is 12.5. The molecule has 0 spiro atoms. The molecule has 1 N–H and O–H groups in total. The average molecular weight is 400 g/mol. The summed E-state index contributed by atoms with van der Waals surface area (Å²) in [4.78, 5) is 31.2. The van der Waals surface area contributed by atoms with E-state index < -0.39 is 0 Å². The molecule has 3 aromatic rings.